The zero-order valence-corrected chi connectivity index (χ0v) is 14.1. The zero-order chi connectivity index (χ0) is 14.9. The van der Waals surface area contributed by atoms with Crippen molar-refractivity contribution in [3.63, 3.8) is 0 Å². The fraction of sp³-hybridized carbons (Fsp3) is 0.714. The van der Waals surface area contributed by atoms with Gasteiger partial charge in [-0.05, 0) is 53.4 Å². The number of aliphatic hydroxyl groups is 1. The Morgan fingerprint density at radius 1 is 1.45 bits per heavy atom. The van der Waals surface area contributed by atoms with Crippen molar-refractivity contribution in [3.05, 3.63) is 15.0 Å². The minimum absolute atomic E-state index is 0.0481. The lowest BCUT2D eigenvalue weighted by molar-refractivity contribution is -0.145. The molecule has 1 unspecified atom stereocenters. The van der Waals surface area contributed by atoms with Crippen molar-refractivity contribution < 1.29 is 15.0 Å². The van der Waals surface area contributed by atoms with Crippen LogP contribution in [0.15, 0.2) is 9.98 Å². The molecule has 2 N–H and O–H groups in total. The van der Waals surface area contributed by atoms with Gasteiger partial charge < -0.3 is 10.2 Å². The van der Waals surface area contributed by atoms with Gasteiger partial charge in [0.15, 0.2) is 0 Å². The van der Waals surface area contributed by atoms with Crippen molar-refractivity contribution in [2.75, 3.05) is 0 Å². The van der Waals surface area contributed by atoms with Crippen molar-refractivity contribution >= 4 is 33.2 Å². The molecule has 112 valence electrons. The summed E-state index contributed by atoms with van der Waals surface area (Å²) < 4.78 is 0.908. The number of aliphatic carboxylic acids is 1. The Morgan fingerprint density at radius 3 is 2.45 bits per heavy atom. The van der Waals surface area contributed by atoms with Gasteiger partial charge in [-0.2, -0.15) is 0 Å². The van der Waals surface area contributed by atoms with Crippen LogP contribution in [-0.2, 0) is 10.4 Å². The Morgan fingerprint density at radius 2 is 2.05 bits per heavy atom. The predicted molar refractivity (Wildman–Crippen MR) is 81.6 cm³/mol. The van der Waals surface area contributed by atoms with Crippen molar-refractivity contribution in [2.24, 2.45) is 17.8 Å². The van der Waals surface area contributed by atoms with Crippen LogP contribution in [0.3, 0.4) is 0 Å². The summed E-state index contributed by atoms with van der Waals surface area (Å²) in [6.07, 6.45) is 4.48. The maximum Gasteiger partial charge on any atom is 0.306 e. The number of rotatable bonds is 4. The third kappa shape index (κ3) is 2.92. The summed E-state index contributed by atoms with van der Waals surface area (Å²) >= 11 is 4.86. The van der Waals surface area contributed by atoms with Crippen molar-refractivity contribution in [1.82, 2.24) is 4.98 Å². The van der Waals surface area contributed by atoms with Gasteiger partial charge in [-0.15, -0.1) is 11.3 Å². The molecule has 1 aliphatic rings. The Labute approximate surface area is 131 Å². The van der Waals surface area contributed by atoms with E-state index in [1.807, 2.05) is 13.8 Å². The Bertz CT molecular complexity index is 483. The number of carboxylic acid groups (broad SMARTS) is 1. The maximum atomic E-state index is 11.2. The lowest BCUT2D eigenvalue weighted by Gasteiger charge is -2.41. The van der Waals surface area contributed by atoms with E-state index >= 15 is 0 Å². The van der Waals surface area contributed by atoms with E-state index in [1.165, 1.54) is 11.3 Å². The molecular weight excluding hydrogens is 342 g/mol. The molecule has 0 spiro atoms. The van der Waals surface area contributed by atoms with E-state index in [0.717, 1.165) is 21.6 Å². The average Bonchev–Trinajstić information content (AvgIpc) is 2.84. The van der Waals surface area contributed by atoms with E-state index < -0.39 is 11.6 Å². The van der Waals surface area contributed by atoms with Gasteiger partial charge in [0, 0.05) is 0 Å². The summed E-state index contributed by atoms with van der Waals surface area (Å²) in [7, 11) is 0. The van der Waals surface area contributed by atoms with Gasteiger partial charge >= 0.3 is 5.97 Å². The van der Waals surface area contributed by atoms with Crippen LogP contribution < -0.4 is 0 Å². The highest BCUT2D eigenvalue weighted by Gasteiger charge is 2.45. The van der Waals surface area contributed by atoms with Crippen LogP contribution in [-0.4, -0.2) is 21.2 Å². The zero-order valence-electron chi connectivity index (χ0n) is 11.7. The topological polar surface area (TPSA) is 70.4 Å². The second kappa shape index (κ2) is 6.12. The Hall–Kier alpha value is -0.460. The normalized spacial score (nSPS) is 26.4. The predicted octanol–water partition coefficient (Wildman–Crippen LogP) is 3.64. The van der Waals surface area contributed by atoms with Gasteiger partial charge in [-0.1, -0.05) is 13.8 Å². The van der Waals surface area contributed by atoms with Crippen LogP contribution in [0.1, 0.15) is 44.5 Å². The van der Waals surface area contributed by atoms with Crippen LogP contribution in [0.2, 0.25) is 0 Å². The molecule has 0 amide bonds. The average molecular weight is 362 g/mol. The molecule has 0 saturated heterocycles. The molecule has 6 heteroatoms. The Kier molecular flexibility index (Phi) is 4.87. The summed E-state index contributed by atoms with van der Waals surface area (Å²) in [5.41, 5.74) is -0.958. The van der Waals surface area contributed by atoms with E-state index in [-0.39, 0.29) is 17.8 Å². The van der Waals surface area contributed by atoms with Gasteiger partial charge in [0.2, 0.25) is 0 Å². The molecule has 1 aromatic heterocycles. The molecule has 2 rings (SSSR count). The number of halogens is 1. The monoisotopic (exact) mass is 361 g/mol. The van der Waals surface area contributed by atoms with Gasteiger partial charge in [-0.25, -0.2) is 4.98 Å². The molecule has 1 saturated carbocycles. The van der Waals surface area contributed by atoms with E-state index in [9.17, 15) is 9.90 Å². The summed E-state index contributed by atoms with van der Waals surface area (Å²) in [5.74, 6) is -0.845. The third-order valence-electron chi connectivity index (χ3n) is 4.40. The van der Waals surface area contributed by atoms with Crippen LogP contribution in [0, 0.1) is 17.8 Å². The first-order valence-corrected chi connectivity index (χ1v) is 8.53. The number of thiazole rings is 1. The van der Waals surface area contributed by atoms with E-state index in [0.29, 0.717) is 12.8 Å². The van der Waals surface area contributed by atoms with E-state index in [2.05, 4.69) is 20.9 Å². The summed E-state index contributed by atoms with van der Waals surface area (Å²) in [6.45, 7) is 4.00. The third-order valence-corrected chi connectivity index (χ3v) is 6.02. The molecular formula is C14H20BrNO3S. The van der Waals surface area contributed by atoms with Crippen molar-refractivity contribution in [1.29, 1.82) is 0 Å². The number of nitrogens with zero attached hydrogens (tertiary/aromatic N) is 1. The summed E-state index contributed by atoms with van der Waals surface area (Å²) in [5, 5.41) is 21.0. The highest BCUT2D eigenvalue weighted by atomic mass is 79.9. The standard InChI is InChI=1S/C14H20BrNO3S/c1-8(2)14(19,13-16-7-11(15)20-13)10-5-3-9(4-6-10)12(17)18/h7-10,19H,3-6H2,1-2H3,(H,17,18). The lowest BCUT2D eigenvalue weighted by atomic mass is 9.69. The number of hydrogen-bond donors (Lipinski definition) is 2. The number of aromatic nitrogens is 1. The molecule has 20 heavy (non-hydrogen) atoms. The molecule has 0 radical (unpaired) electrons. The highest BCUT2D eigenvalue weighted by Crippen LogP contribution is 2.46. The smallest absolute Gasteiger partial charge is 0.306 e. The number of hydrogen-bond acceptors (Lipinski definition) is 4. The van der Waals surface area contributed by atoms with E-state index in [1.54, 1.807) is 6.20 Å². The molecule has 0 bridgehead atoms. The molecule has 1 heterocycles. The fourth-order valence-electron chi connectivity index (χ4n) is 3.11. The second-order valence-electron chi connectivity index (χ2n) is 5.84. The van der Waals surface area contributed by atoms with Gasteiger partial charge in [-0.3, -0.25) is 4.79 Å². The largest absolute Gasteiger partial charge is 0.481 e. The van der Waals surface area contributed by atoms with Crippen LogP contribution in [0.5, 0.6) is 0 Å². The lowest BCUT2D eigenvalue weighted by Crippen LogP contribution is -2.42. The van der Waals surface area contributed by atoms with Crippen molar-refractivity contribution in [2.45, 2.75) is 45.1 Å². The Balaban J connectivity index is 2.20. The second-order valence-corrected chi connectivity index (χ2v) is 8.25. The first kappa shape index (κ1) is 15.9. The molecule has 4 nitrogen and oxygen atoms in total. The minimum Gasteiger partial charge on any atom is -0.481 e. The maximum absolute atomic E-state index is 11.2. The molecule has 1 fully saturated rings. The molecule has 1 aromatic rings. The number of carboxylic acids is 1. The first-order valence-electron chi connectivity index (χ1n) is 6.92. The van der Waals surface area contributed by atoms with Gasteiger partial charge in [0.25, 0.3) is 0 Å². The van der Waals surface area contributed by atoms with Crippen LogP contribution in [0.4, 0.5) is 0 Å². The highest BCUT2D eigenvalue weighted by molar-refractivity contribution is 9.11. The molecule has 1 aliphatic carbocycles. The summed E-state index contributed by atoms with van der Waals surface area (Å²) in [4.78, 5) is 15.4. The summed E-state index contributed by atoms with van der Waals surface area (Å²) in [6, 6.07) is 0. The number of carbonyl (C=O) groups is 1. The molecule has 1 atom stereocenters. The molecule has 0 aliphatic heterocycles. The minimum atomic E-state index is -0.958. The first-order chi connectivity index (χ1) is 9.35. The quantitative estimate of drug-likeness (QED) is 0.858. The molecule has 0 aromatic carbocycles. The van der Waals surface area contributed by atoms with Crippen LogP contribution in [0.25, 0.3) is 0 Å². The SMILES string of the molecule is CC(C)C(O)(c1ncc(Br)s1)C1CCC(C(=O)O)CC1. The van der Waals surface area contributed by atoms with Gasteiger partial charge in [0.05, 0.1) is 15.9 Å². The van der Waals surface area contributed by atoms with Gasteiger partial charge in [0.1, 0.15) is 10.6 Å². The fourth-order valence-corrected chi connectivity index (χ4v) is 4.64. The van der Waals surface area contributed by atoms with Crippen molar-refractivity contribution in [3.8, 4) is 0 Å². The van der Waals surface area contributed by atoms with E-state index in [4.69, 9.17) is 5.11 Å². The van der Waals surface area contributed by atoms with Crippen LogP contribution >= 0.6 is 27.3 Å².